The standard InChI is InChI=1S/C22H19FN2O3S/c1-15-14-16-6-2-5-9-21(16)25(15)22(26)19-7-3-4-8-20(19)24-29(27,28)18-12-10-17(23)11-13-18/h2-13,15,24H,14H2,1H3. The van der Waals surface area contributed by atoms with Gasteiger partial charge in [-0.1, -0.05) is 30.3 Å². The fourth-order valence-corrected chi connectivity index (χ4v) is 4.66. The number of para-hydroxylation sites is 2. The van der Waals surface area contributed by atoms with Gasteiger partial charge in [-0.3, -0.25) is 9.52 Å². The Morgan fingerprint density at radius 1 is 1.00 bits per heavy atom. The number of fused-ring (bicyclic) bond motifs is 1. The minimum absolute atomic E-state index is 0.0401. The predicted octanol–water partition coefficient (Wildman–Crippen LogP) is 4.22. The van der Waals surface area contributed by atoms with Crippen LogP contribution in [0.4, 0.5) is 15.8 Å². The van der Waals surface area contributed by atoms with Gasteiger partial charge >= 0.3 is 0 Å². The lowest BCUT2D eigenvalue weighted by Crippen LogP contribution is -2.36. The van der Waals surface area contributed by atoms with Gasteiger partial charge < -0.3 is 4.90 Å². The molecule has 0 saturated heterocycles. The van der Waals surface area contributed by atoms with E-state index in [0.717, 1.165) is 29.8 Å². The summed E-state index contributed by atoms with van der Waals surface area (Å²) in [5.74, 6) is -0.805. The molecule has 0 spiro atoms. The van der Waals surface area contributed by atoms with Crippen LogP contribution in [0.25, 0.3) is 0 Å². The molecule has 0 saturated carbocycles. The summed E-state index contributed by atoms with van der Waals surface area (Å²) >= 11 is 0. The van der Waals surface area contributed by atoms with Gasteiger partial charge in [-0.2, -0.15) is 0 Å². The number of benzene rings is 3. The predicted molar refractivity (Wildman–Crippen MR) is 110 cm³/mol. The van der Waals surface area contributed by atoms with Gasteiger partial charge in [0.05, 0.1) is 16.1 Å². The molecule has 148 valence electrons. The van der Waals surface area contributed by atoms with E-state index >= 15 is 0 Å². The number of hydrogen-bond donors (Lipinski definition) is 1. The van der Waals surface area contributed by atoms with Crippen LogP contribution in [0.2, 0.25) is 0 Å². The normalized spacial score (nSPS) is 15.8. The smallest absolute Gasteiger partial charge is 0.261 e. The summed E-state index contributed by atoms with van der Waals surface area (Å²) in [6.07, 6.45) is 0.741. The molecule has 4 rings (SSSR count). The number of hydrogen-bond acceptors (Lipinski definition) is 3. The van der Waals surface area contributed by atoms with E-state index in [0.29, 0.717) is 0 Å². The third kappa shape index (κ3) is 3.61. The fourth-order valence-electron chi connectivity index (χ4n) is 3.58. The minimum Gasteiger partial charge on any atom is -0.305 e. The number of amides is 1. The molecule has 0 radical (unpaired) electrons. The molecular weight excluding hydrogens is 391 g/mol. The van der Waals surface area contributed by atoms with Gasteiger partial charge in [-0.05, 0) is 61.4 Å². The monoisotopic (exact) mass is 410 g/mol. The van der Waals surface area contributed by atoms with Crippen LogP contribution in [0, 0.1) is 5.82 Å². The van der Waals surface area contributed by atoms with Crippen LogP contribution in [0.5, 0.6) is 0 Å². The van der Waals surface area contributed by atoms with Crippen LogP contribution in [0.15, 0.2) is 77.7 Å². The van der Waals surface area contributed by atoms with Crippen molar-refractivity contribution in [3.8, 4) is 0 Å². The number of carbonyl (C=O) groups excluding carboxylic acids is 1. The Bertz CT molecular complexity index is 1180. The Morgan fingerprint density at radius 2 is 1.66 bits per heavy atom. The highest BCUT2D eigenvalue weighted by Gasteiger charge is 2.32. The van der Waals surface area contributed by atoms with Crippen LogP contribution in [0.3, 0.4) is 0 Å². The summed E-state index contributed by atoms with van der Waals surface area (Å²) in [4.78, 5) is 15.0. The lowest BCUT2D eigenvalue weighted by molar-refractivity contribution is 0.0982. The molecule has 0 aromatic heterocycles. The number of nitrogens with zero attached hydrogens (tertiary/aromatic N) is 1. The van der Waals surface area contributed by atoms with Gasteiger partial charge in [0.25, 0.3) is 15.9 Å². The molecule has 1 atom stereocenters. The summed E-state index contributed by atoms with van der Waals surface area (Å²) in [6.45, 7) is 1.96. The van der Waals surface area contributed by atoms with Crippen LogP contribution in [-0.2, 0) is 16.4 Å². The van der Waals surface area contributed by atoms with Crippen molar-refractivity contribution in [3.05, 3.63) is 89.7 Å². The fraction of sp³-hybridized carbons (Fsp3) is 0.136. The molecule has 1 aliphatic rings. The zero-order valence-electron chi connectivity index (χ0n) is 15.7. The van der Waals surface area contributed by atoms with Crippen LogP contribution in [-0.4, -0.2) is 20.4 Å². The largest absolute Gasteiger partial charge is 0.305 e. The molecular formula is C22H19FN2O3S. The number of halogens is 1. The molecule has 5 nitrogen and oxygen atoms in total. The Kier molecular flexibility index (Phi) is 4.84. The SMILES string of the molecule is CC1Cc2ccccc2N1C(=O)c1ccccc1NS(=O)(=O)c1ccc(F)cc1. The van der Waals surface area contributed by atoms with Crippen LogP contribution in [0.1, 0.15) is 22.8 Å². The van der Waals surface area contributed by atoms with Crippen LogP contribution < -0.4 is 9.62 Å². The summed E-state index contributed by atoms with van der Waals surface area (Å²) in [5.41, 5.74) is 2.35. The van der Waals surface area contributed by atoms with Crippen molar-refractivity contribution >= 4 is 27.3 Å². The maximum absolute atomic E-state index is 13.3. The lowest BCUT2D eigenvalue weighted by Gasteiger charge is -2.24. The van der Waals surface area contributed by atoms with Crippen molar-refractivity contribution in [2.75, 3.05) is 9.62 Å². The number of anilines is 2. The topological polar surface area (TPSA) is 66.5 Å². The summed E-state index contributed by atoms with van der Waals surface area (Å²) in [6, 6.07) is 18.6. The van der Waals surface area contributed by atoms with Crippen molar-refractivity contribution < 1.29 is 17.6 Å². The molecule has 0 aliphatic carbocycles. The number of carbonyl (C=O) groups is 1. The van der Waals surface area contributed by atoms with E-state index in [9.17, 15) is 17.6 Å². The third-order valence-electron chi connectivity index (χ3n) is 4.95. The second-order valence-electron chi connectivity index (χ2n) is 6.96. The molecule has 1 N–H and O–H groups in total. The van der Waals surface area contributed by atoms with Crippen molar-refractivity contribution in [2.45, 2.75) is 24.3 Å². The van der Waals surface area contributed by atoms with E-state index in [-0.39, 0.29) is 28.1 Å². The number of nitrogens with one attached hydrogen (secondary N) is 1. The Balaban J connectivity index is 1.69. The molecule has 0 fully saturated rings. The first-order valence-electron chi connectivity index (χ1n) is 9.16. The molecule has 1 heterocycles. The molecule has 1 amide bonds. The average molecular weight is 410 g/mol. The maximum atomic E-state index is 13.3. The summed E-state index contributed by atoms with van der Waals surface area (Å²) < 4.78 is 41.0. The number of rotatable bonds is 4. The zero-order chi connectivity index (χ0) is 20.6. The molecule has 3 aromatic rings. The zero-order valence-corrected chi connectivity index (χ0v) is 16.5. The lowest BCUT2D eigenvalue weighted by atomic mass is 10.1. The molecule has 0 bridgehead atoms. The van der Waals surface area contributed by atoms with Crippen molar-refractivity contribution in [1.82, 2.24) is 0 Å². The van der Waals surface area contributed by atoms with Gasteiger partial charge in [0.2, 0.25) is 0 Å². The van der Waals surface area contributed by atoms with Gasteiger partial charge in [-0.15, -0.1) is 0 Å². The van der Waals surface area contributed by atoms with E-state index in [2.05, 4.69) is 4.72 Å². The second kappa shape index (κ2) is 7.33. The number of sulfonamides is 1. The van der Waals surface area contributed by atoms with E-state index in [1.165, 1.54) is 12.1 Å². The molecule has 29 heavy (non-hydrogen) atoms. The van der Waals surface area contributed by atoms with E-state index < -0.39 is 15.8 Å². The first-order valence-corrected chi connectivity index (χ1v) is 10.6. The van der Waals surface area contributed by atoms with E-state index in [1.807, 2.05) is 31.2 Å². The Hall–Kier alpha value is -3.19. The van der Waals surface area contributed by atoms with Gasteiger partial charge in [0.1, 0.15) is 5.82 Å². The van der Waals surface area contributed by atoms with Crippen molar-refractivity contribution in [2.24, 2.45) is 0 Å². The van der Waals surface area contributed by atoms with Gasteiger partial charge in [0, 0.05) is 11.7 Å². The second-order valence-corrected chi connectivity index (χ2v) is 8.64. The Morgan fingerprint density at radius 3 is 2.41 bits per heavy atom. The van der Waals surface area contributed by atoms with Crippen molar-refractivity contribution in [1.29, 1.82) is 0 Å². The minimum atomic E-state index is -3.97. The summed E-state index contributed by atoms with van der Waals surface area (Å²) in [7, 11) is -3.97. The first kappa shape index (κ1) is 19.1. The first-order chi connectivity index (χ1) is 13.9. The highest BCUT2D eigenvalue weighted by Crippen LogP contribution is 2.34. The molecule has 3 aromatic carbocycles. The highest BCUT2D eigenvalue weighted by atomic mass is 32.2. The van der Waals surface area contributed by atoms with Crippen LogP contribution >= 0.6 is 0 Å². The highest BCUT2D eigenvalue weighted by molar-refractivity contribution is 7.92. The summed E-state index contributed by atoms with van der Waals surface area (Å²) in [5, 5.41) is 0. The van der Waals surface area contributed by atoms with Gasteiger partial charge in [-0.25, -0.2) is 12.8 Å². The van der Waals surface area contributed by atoms with Gasteiger partial charge in [0.15, 0.2) is 0 Å². The van der Waals surface area contributed by atoms with E-state index in [4.69, 9.17) is 0 Å². The average Bonchev–Trinajstić information content (AvgIpc) is 3.03. The molecule has 7 heteroatoms. The van der Waals surface area contributed by atoms with E-state index in [1.54, 1.807) is 29.2 Å². The molecule has 1 aliphatic heterocycles. The Labute approximate surface area is 168 Å². The quantitative estimate of drug-likeness (QED) is 0.700. The third-order valence-corrected chi connectivity index (χ3v) is 6.33. The molecule has 1 unspecified atom stereocenters. The maximum Gasteiger partial charge on any atom is 0.261 e. The van der Waals surface area contributed by atoms with Crippen molar-refractivity contribution in [3.63, 3.8) is 0 Å².